The molecule has 4 rings (SSSR count). The number of amides is 4. The Morgan fingerprint density at radius 2 is 1.93 bits per heavy atom. The Balaban J connectivity index is 1.55. The van der Waals surface area contributed by atoms with Gasteiger partial charge in [0.05, 0.1) is 25.0 Å². The summed E-state index contributed by atoms with van der Waals surface area (Å²) in [5.41, 5.74) is 0.906. The molecule has 0 unspecified atom stereocenters. The van der Waals surface area contributed by atoms with Crippen molar-refractivity contribution in [1.82, 2.24) is 36.0 Å². The summed E-state index contributed by atoms with van der Waals surface area (Å²) in [6.07, 6.45) is 4.44. The topological polar surface area (TPSA) is 190 Å². The van der Waals surface area contributed by atoms with Crippen LogP contribution in [0.4, 0.5) is 0 Å². The van der Waals surface area contributed by atoms with E-state index in [0.717, 1.165) is 0 Å². The fraction of sp³-hybridized carbons (Fsp3) is 0.467. The minimum Gasteiger partial charge on any atom is -0.494 e. The number of nitrogens with zero attached hydrogens (tertiary/aromatic N) is 3. The highest BCUT2D eigenvalue weighted by Gasteiger charge is 2.33. The Hall–Kier alpha value is -4.72. The highest BCUT2D eigenvalue weighted by molar-refractivity contribution is 5.98. The van der Waals surface area contributed by atoms with Crippen molar-refractivity contribution in [2.45, 2.75) is 70.7 Å². The number of methoxy groups -OCH3 is 1. The van der Waals surface area contributed by atoms with E-state index >= 15 is 0 Å². The lowest BCUT2D eigenvalue weighted by Crippen LogP contribution is -2.57. The van der Waals surface area contributed by atoms with Gasteiger partial charge in [-0.1, -0.05) is 26.0 Å². The van der Waals surface area contributed by atoms with Gasteiger partial charge in [-0.3, -0.25) is 19.2 Å². The molecule has 0 spiro atoms. The number of para-hydroxylation sites is 2. The standard InChI is InChI=1S/C30H39N7O7/c1-17(2)13-21-30-35-22(16-44-30)27(40)31-12-8-7-9-20(28(41)36-25(18(3)38)29(42)34-21)33-26(39)19-14-32-37(15-19)23-10-5-6-11-24(23)43-4/h5-6,10-11,14-18,20-21,25,38H,7-9,12-13H2,1-4H3,(H,31,40)(H,33,39)(H,34,42)(H,36,41)/t18-,20+,21+,25+/m1/s1. The van der Waals surface area contributed by atoms with Crippen LogP contribution in [0.25, 0.3) is 5.69 Å². The minimum atomic E-state index is -1.34. The van der Waals surface area contributed by atoms with E-state index in [9.17, 15) is 24.3 Å². The van der Waals surface area contributed by atoms with Crippen LogP contribution in [0.5, 0.6) is 5.75 Å². The van der Waals surface area contributed by atoms with Gasteiger partial charge in [0.15, 0.2) is 5.69 Å². The van der Waals surface area contributed by atoms with E-state index in [1.165, 1.54) is 37.4 Å². The van der Waals surface area contributed by atoms with Crippen LogP contribution in [-0.4, -0.2) is 75.3 Å². The largest absolute Gasteiger partial charge is 0.494 e. The van der Waals surface area contributed by atoms with Gasteiger partial charge in [-0.2, -0.15) is 5.10 Å². The maximum atomic E-state index is 13.5. The van der Waals surface area contributed by atoms with Crippen molar-refractivity contribution in [2.24, 2.45) is 5.92 Å². The Bertz CT molecular complexity index is 1470. The van der Waals surface area contributed by atoms with Crippen LogP contribution in [0.1, 0.15) is 79.2 Å². The van der Waals surface area contributed by atoms with Crippen LogP contribution < -0.4 is 26.0 Å². The van der Waals surface area contributed by atoms with Gasteiger partial charge >= 0.3 is 0 Å². The van der Waals surface area contributed by atoms with Crippen LogP contribution in [0.15, 0.2) is 47.3 Å². The zero-order chi connectivity index (χ0) is 31.8. The van der Waals surface area contributed by atoms with E-state index in [4.69, 9.17) is 9.15 Å². The minimum absolute atomic E-state index is 0.0780. The third kappa shape index (κ3) is 8.01. The van der Waals surface area contributed by atoms with Gasteiger partial charge in [-0.05, 0) is 50.7 Å². The Labute approximate surface area is 254 Å². The van der Waals surface area contributed by atoms with Gasteiger partial charge in [0.2, 0.25) is 17.7 Å². The van der Waals surface area contributed by atoms with Crippen LogP contribution in [0.3, 0.4) is 0 Å². The van der Waals surface area contributed by atoms with Crippen molar-refractivity contribution in [1.29, 1.82) is 0 Å². The lowest BCUT2D eigenvalue weighted by atomic mass is 10.0. The molecule has 14 nitrogen and oxygen atoms in total. The van der Waals surface area contributed by atoms with E-state index in [1.807, 2.05) is 26.0 Å². The first-order valence-corrected chi connectivity index (χ1v) is 14.6. The molecule has 1 aliphatic heterocycles. The second-order valence-electron chi connectivity index (χ2n) is 11.1. The normalized spacial score (nSPS) is 20.8. The Morgan fingerprint density at radius 1 is 1.16 bits per heavy atom. The van der Waals surface area contributed by atoms with Gasteiger partial charge in [0.1, 0.15) is 35.8 Å². The smallest absolute Gasteiger partial charge is 0.273 e. The molecule has 2 bridgehead atoms. The molecule has 0 aliphatic carbocycles. The molecule has 4 atom stereocenters. The van der Waals surface area contributed by atoms with Crippen molar-refractivity contribution >= 4 is 23.6 Å². The molecule has 5 N–H and O–H groups in total. The predicted molar refractivity (Wildman–Crippen MR) is 158 cm³/mol. The van der Waals surface area contributed by atoms with Gasteiger partial charge in [-0.15, -0.1) is 0 Å². The number of benzene rings is 1. The number of oxazole rings is 1. The molecule has 1 aromatic carbocycles. The average Bonchev–Trinajstić information content (AvgIpc) is 3.68. The summed E-state index contributed by atoms with van der Waals surface area (Å²) in [6, 6.07) is 4.08. The number of hydrogen-bond acceptors (Lipinski definition) is 9. The number of nitrogens with one attached hydrogen (secondary N) is 4. The van der Waals surface area contributed by atoms with Gasteiger partial charge in [0.25, 0.3) is 11.8 Å². The zero-order valence-corrected chi connectivity index (χ0v) is 25.2. The Kier molecular flexibility index (Phi) is 10.7. The molecule has 1 aliphatic rings. The molecular weight excluding hydrogens is 570 g/mol. The van der Waals surface area contributed by atoms with E-state index < -0.39 is 47.9 Å². The molecule has 236 valence electrons. The van der Waals surface area contributed by atoms with E-state index in [-0.39, 0.29) is 29.5 Å². The molecule has 44 heavy (non-hydrogen) atoms. The number of hydrogen-bond donors (Lipinski definition) is 5. The number of carbonyl (C=O) groups is 4. The molecule has 0 radical (unpaired) electrons. The lowest BCUT2D eigenvalue weighted by Gasteiger charge is -2.26. The maximum absolute atomic E-state index is 13.5. The van der Waals surface area contributed by atoms with Crippen molar-refractivity contribution in [3.8, 4) is 11.4 Å². The molecule has 3 heterocycles. The van der Waals surface area contributed by atoms with Gasteiger partial charge in [-0.25, -0.2) is 9.67 Å². The summed E-state index contributed by atoms with van der Waals surface area (Å²) in [5.74, 6) is -1.49. The number of rotatable bonds is 7. The average molecular weight is 610 g/mol. The second kappa shape index (κ2) is 14.6. The van der Waals surface area contributed by atoms with Crippen molar-refractivity contribution < 1.29 is 33.4 Å². The van der Waals surface area contributed by atoms with Gasteiger partial charge < -0.3 is 35.5 Å². The molecule has 14 heteroatoms. The van der Waals surface area contributed by atoms with Crippen molar-refractivity contribution in [3.05, 3.63) is 60.1 Å². The number of aromatic nitrogens is 3. The second-order valence-corrected chi connectivity index (χ2v) is 11.1. The zero-order valence-electron chi connectivity index (χ0n) is 25.2. The summed E-state index contributed by atoms with van der Waals surface area (Å²) in [4.78, 5) is 57.0. The summed E-state index contributed by atoms with van der Waals surface area (Å²) >= 11 is 0. The highest BCUT2D eigenvalue weighted by atomic mass is 16.5. The predicted octanol–water partition coefficient (Wildman–Crippen LogP) is 1.65. The van der Waals surface area contributed by atoms with Crippen LogP contribution in [-0.2, 0) is 9.59 Å². The molecule has 2 aromatic heterocycles. The number of fused-ring (bicyclic) bond motifs is 2. The highest BCUT2D eigenvalue weighted by Crippen LogP contribution is 2.23. The third-order valence-corrected chi connectivity index (χ3v) is 7.14. The molecule has 0 saturated heterocycles. The number of aliphatic hydroxyl groups is 1. The summed E-state index contributed by atoms with van der Waals surface area (Å²) in [7, 11) is 1.53. The third-order valence-electron chi connectivity index (χ3n) is 7.14. The lowest BCUT2D eigenvalue weighted by molar-refractivity contribution is -0.133. The molecule has 3 aromatic rings. The molecule has 4 amide bonds. The monoisotopic (exact) mass is 609 g/mol. The number of aliphatic hydroxyl groups excluding tert-OH is 1. The SMILES string of the molecule is COc1ccccc1-n1cc(C(=O)N[C@H]2CCCCNC(=O)c3coc(n3)[C@H](CC(C)C)NC(=O)[C@H]([C@@H](C)O)NC2=O)cn1. The number of ether oxygens (including phenoxy) is 1. The quantitative estimate of drug-likeness (QED) is 0.265. The summed E-state index contributed by atoms with van der Waals surface area (Å²) in [5, 5.41) is 25.7. The van der Waals surface area contributed by atoms with Crippen molar-refractivity contribution in [2.75, 3.05) is 13.7 Å². The Morgan fingerprint density at radius 3 is 2.66 bits per heavy atom. The molecular formula is C30H39N7O7. The van der Waals surface area contributed by atoms with Gasteiger partial charge in [0, 0.05) is 12.7 Å². The first kappa shape index (κ1) is 32.2. The number of carbonyl (C=O) groups excluding carboxylic acids is 4. The van der Waals surface area contributed by atoms with Crippen LogP contribution >= 0.6 is 0 Å². The maximum Gasteiger partial charge on any atom is 0.273 e. The van der Waals surface area contributed by atoms with Crippen LogP contribution in [0, 0.1) is 5.92 Å². The van der Waals surface area contributed by atoms with Crippen molar-refractivity contribution in [3.63, 3.8) is 0 Å². The van der Waals surface area contributed by atoms with E-state index in [2.05, 4.69) is 31.3 Å². The first-order chi connectivity index (χ1) is 21.1. The fourth-order valence-electron chi connectivity index (χ4n) is 4.83. The summed E-state index contributed by atoms with van der Waals surface area (Å²) < 4.78 is 12.4. The van der Waals surface area contributed by atoms with E-state index in [1.54, 1.807) is 12.1 Å². The fourth-order valence-corrected chi connectivity index (χ4v) is 4.83. The molecule has 0 fully saturated rings. The summed E-state index contributed by atoms with van der Waals surface area (Å²) in [6.45, 7) is 5.58. The van der Waals surface area contributed by atoms with E-state index in [0.29, 0.717) is 37.2 Å². The molecule has 0 saturated carbocycles. The van der Waals surface area contributed by atoms with Crippen LogP contribution in [0.2, 0.25) is 0 Å². The first-order valence-electron chi connectivity index (χ1n) is 14.6.